The number of anilines is 1. The van der Waals surface area contributed by atoms with Crippen LogP contribution >= 0.6 is 0 Å². The summed E-state index contributed by atoms with van der Waals surface area (Å²) < 4.78 is 1.46. The Bertz CT molecular complexity index is 1250. The summed E-state index contributed by atoms with van der Waals surface area (Å²) in [4.78, 5) is 47.7. The van der Waals surface area contributed by atoms with Crippen molar-refractivity contribution in [3.63, 3.8) is 0 Å². The molecule has 1 aliphatic carbocycles. The molecule has 0 bridgehead atoms. The lowest BCUT2D eigenvalue weighted by Gasteiger charge is -2.37. The number of nitrogens with two attached hydrogens (primary N) is 2. The zero-order valence-corrected chi connectivity index (χ0v) is 24.9. The van der Waals surface area contributed by atoms with E-state index in [1.165, 1.54) is 23.0 Å². The summed E-state index contributed by atoms with van der Waals surface area (Å²) in [5.41, 5.74) is 12.6. The third kappa shape index (κ3) is 8.15. The number of nitrogens with zero attached hydrogens (tertiary/aromatic N) is 5. The minimum atomic E-state index is -0.947. The van der Waals surface area contributed by atoms with Crippen LogP contribution in [0.15, 0.2) is 41.3 Å². The number of hydrogen-bond donors (Lipinski definition) is 3. The first kappa shape index (κ1) is 30.7. The van der Waals surface area contributed by atoms with Crippen molar-refractivity contribution in [2.75, 3.05) is 45.1 Å². The number of aromatic nitrogens is 2. The zero-order valence-electron chi connectivity index (χ0n) is 24.9. The monoisotopic (exact) mass is 566 g/mol. The van der Waals surface area contributed by atoms with Gasteiger partial charge in [0.25, 0.3) is 0 Å². The van der Waals surface area contributed by atoms with Crippen LogP contribution in [0.4, 0.5) is 10.6 Å². The van der Waals surface area contributed by atoms with E-state index in [0.717, 1.165) is 25.8 Å². The van der Waals surface area contributed by atoms with E-state index in [9.17, 15) is 14.4 Å². The van der Waals surface area contributed by atoms with E-state index in [0.29, 0.717) is 49.9 Å². The molecule has 1 aromatic carbocycles. The van der Waals surface area contributed by atoms with Gasteiger partial charge in [-0.3, -0.25) is 14.7 Å². The molecule has 1 saturated heterocycles. The number of piperazine rings is 1. The molecule has 1 saturated carbocycles. The average molecular weight is 567 g/mol. The topological polar surface area (TPSA) is 143 Å². The fourth-order valence-electron chi connectivity index (χ4n) is 5.75. The molecular formula is C30H46N8O3. The van der Waals surface area contributed by atoms with Gasteiger partial charge in [0.1, 0.15) is 5.82 Å². The normalized spacial score (nSPS) is 20.7. The minimum absolute atomic E-state index is 0.141. The largest absolute Gasteiger partial charge is 0.354 e. The van der Waals surface area contributed by atoms with Gasteiger partial charge in [0.2, 0.25) is 5.91 Å². The maximum Gasteiger partial charge on any atom is 0.354 e. The molecule has 0 spiro atoms. The van der Waals surface area contributed by atoms with Crippen molar-refractivity contribution < 1.29 is 9.59 Å². The van der Waals surface area contributed by atoms with Crippen LogP contribution < -0.4 is 22.5 Å². The summed E-state index contributed by atoms with van der Waals surface area (Å²) in [6, 6.07) is 9.93. The Morgan fingerprint density at radius 2 is 1.76 bits per heavy atom. The third-order valence-corrected chi connectivity index (χ3v) is 8.31. The highest BCUT2D eigenvalue weighted by atomic mass is 16.2. The van der Waals surface area contributed by atoms with Crippen molar-refractivity contribution in [3.05, 3.63) is 52.6 Å². The van der Waals surface area contributed by atoms with Gasteiger partial charge in [0.05, 0.1) is 11.2 Å². The smallest absolute Gasteiger partial charge is 0.338 e. The quantitative estimate of drug-likeness (QED) is 0.444. The standard InChI is InChI=1S/C30H46N8O3/c1-21(35(4)20-23-6-5-7-24(31)19-23)18-22-8-10-25(11-9-22)38-13-12-26(34-29(38)41)33-28(40)37-16-14-36(15-17-37)27(39)30(2,3)32/h8-13,21,23-24H,5-7,14-20,31-32H2,1-4H3,(H,33,34,40,41). The molecular weight excluding hydrogens is 520 g/mol. The number of carbonyl (C=O) groups excluding carboxylic acids is 2. The van der Waals surface area contributed by atoms with Crippen LogP contribution in [0.5, 0.6) is 0 Å². The van der Waals surface area contributed by atoms with Gasteiger partial charge in [-0.1, -0.05) is 18.6 Å². The van der Waals surface area contributed by atoms with Gasteiger partial charge in [-0.15, -0.1) is 0 Å². The molecule has 41 heavy (non-hydrogen) atoms. The average Bonchev–Trinajstić information content (AvgIpc) is 2.93. The van der Waals surface area contributed by atoms with Crippen molar-refractivity contribution in [1.29, 1.82) is 0 Å². The van der Waals surface area contributed by atoms with Crippen LogP contribution in [-0.4, -0.2) is 93.6 Å². The van der Waals surface area contributed by atoms with Crippen LogP contribution in [0, 0.1) is 5.92 Å². The van der Waals surface area contributed by atoms with Gasteiger partial charge in [0.15, 0.2) is 0 Å². The number of amides is 3. The summed E-state index contributed by atoms with van der Waals surface area (Å²) in [6.07, 6.45) is 7.29. The molecule has 3 amide bonds. The number of nitrogens with one attached hydrogen (secondary N) is 1. The van der Waals surface area contributed by atoms with E-state index >= 15 is 0 Å². The maximum atomic E-state index is 12.8. The molecule has 2 aliphatic rings. The lowest BCUT2D eigenvalue weighted by Crippen LogP contribution is -2.58. The van der Waals surface area contributed by atoms with Gasteiger partial charge >= 0.3 is 11.7 Å². The molecule has 2 aromatic rings. The molecule has 4 rings (SSSR count). The Morgan fingerprint density at radius 3 is 2.37 bits per heavy atom. The Labute approximate surface area is 242 Å². The Kier molecular flexibility index (Phi) is 9.83. The van der Waals surface area contributed by atoms with Gasteiger partial charge in [-0.05, 0) is 83.2 Å². The van der Waals surface area contributed by atoms with Crippen LogP contribution in [0.25, 0.3) is 5.69 Å². The maximum absolute atomic E-state index is 12.8. The Hall–Kier alpha value is -3.28. The van der Waals surface area contributed by atoms with E-state index in [1.807, 2.05) is 12.1 Å². The number of rotatable bonds is 8. The first-order chi connectivity index (χ1) is 19.4. The molecule has 0 radical (unpaired) electrons. The van der Waals surface area contributed by atoms with Crippen molar-refractivity contribution in [2.24, 2.45) is 17.4 Å². The lowest BCUT2D eigenvalue weighted by molar-refractivity contribution is -0.137. The summed E-state index contributed by atoms with van der Waals surface area (Å²) in [5.74, 6) is 0.716. The molecule has 2 fully saturated rings. The van der Waals surface area contributed by atoms with Crippen molar-refractivity contribution in [3.8, 4) is 5.69 Å². The first-order valence-corrected chi connectivity index (χ1v) is 14.7. The van der Waals surface area contributed by atoms with Crippen LogP contribution in [-0.2, 0) is 11.2 Å². The molecule has 1 aromatic heterocycles. The highest BCUT2D eigenvalue weighted by Gasteiger charge is 2.31. The number of benzene rings is 1. The van der Waals surface area contributed by atoms with Crippen molar-refractivity contribution in [1.82, 2.24) is 24.3 Å². The second-order valence-corrected chi connectivity index (χ2v) is 12.3. The van der Waals surface area contributed by atoms with Crippen molar-refractivity contribution >= 4 is 17.8 Å². The predicted octanol–water partition coefficient (Wildman–Crippen LogP) is 2.03. The second-order valence-electron chi connectivity index (χ2n) is 12.3. The SMILES string of the molecule is CC(Cc1ccc(-n2ccc(NC(=O)N3CCN(C(=O)C(C)(C)N)CC3)nc2=O)cc1)N(C)CC1CCCC(N)C1. The molecule has 1 aliphatic heterocycles. The summed E-state index contributed by atoms with van der Waals surface area (Å²) in [6.45, 7) is 8.22. The first-order valence-electron chi connectivity index (χ1n) is 14.7. The number of carbonyl (C=O) groups is 2. The molecule has 3 atom stereocenters. The molecule has 5 N–H and O–H groups in total. The molecule has 3 unspecified atom stereocenters. The summed E-state index contributed by atoms with van der Waals surface area (Å²) >= 11 is 0. The van der Waals surface area contributed by atoms with Gasteiger partial charge in [0, 0.05) is 51.0 Å². The number of hydrogen-bond acceptors (Lipinski definition) is 7. The molecule has 11 heteroatoms. The van der Waals surface area contributed by atoms with Gasteiger partial charge in [-0.25, -0.2) is 9.59 Å². The Balaban J connectivity index is 1.29. The summed E-state index contributed by atoms with van der Waals surface area (Å²) in [5, 5.41) is 2.70. The van der Waals surface area contributed by atoms with Crippen LogP contribution in [0.1, 0.15) is 52.0 Å². The van der Waals surface area contributed by atoms with E-state index in [4.69, 9.17) is 11.5 Å². The lowest BCUT2D eigenvalue weighted by atomic mass is 9.85. The Morgan fingerprint density at radius 1 is 1.10 bits per heavy atom. The van der Waals surface area contributed by atoms with Crippen LogP contribution in [0.2, 0.25) is 0 Å². The van der Waals surface area contributed by atoms with Crippen molar-refractivity contribution in [2.45, 2.75) is 70.5 Å². The number of urea groups is 1. The minimum Gasteiger partial charge on any atom is -0.338 e. The van der Waals surface area contributed by atoms with E-state index in [-0.39, 0.29) is 17.8 Å². The third-order valence-electron chi connectivity index (χ3n) is 8.31. The fraction of sp³-hybridized carbons (Fsp3) is 0.600. The van der Waals surface area contributed by atoms with Gasteiger partial charge in [-0.2, -0.15) is 4.98 Å². The van der Waals surface area contributed by atoms with Crippen LogP contribution in [0.3, 0.4) is 0 Å². The highest BCUT2D eigenvalue weighted by Crippen LogP contribution is 2.24. The van der Waals surface area contributed by atoms with Gasteiger partial charge < -0.3 is 26.2 Å². The second kappa shape index (κ2) is 13.1. The number of likely N-dealkylation sites (N-methyl/N-ethyl adjacent to an activating group) is 1. The molecule has 2 heterocycles. The summed E-state index contributed by atoms with van der Waals surface area (Å²) in [7, 11) is 2.19. The predicted molar refractivity (Wildman–Crippen MR) is 161 cm³/mol. The molecule has 224 valence electrons. The molecule has 11 nitrogen and oxygen atoms in total. The fourth-order valence-corrected chi connectivity index (χ4v) is 5.75. The van der Waals surface area contributed by atoms with E-state index in [1.54, 1.807) is 35.9 Å². The highest BCUT2D eigenvalue weighted by molar-refractivity contribution is 5.89. The van der Waals surface area contributed by atoms with E-state index in [2.05, 4.69) is 41.3 Å². The van der Waals surface area contributed by atoms with E-state index < -0.39 is 11.2 Å². The zero-order chi connectivity index (χ0) is 29.7.